The third-order valence-electron chi connectivity index (χ3n) is 4.62. The zero-order valence-corrected chi connectivity index (χ0v) is 17.6. The Morgan fingerprint density at radius 2 is 1.93 bits per heavy atom. The Morgan fingerprint density at radius 1 is 1.24 bits per heavy atom. The van der Waals surface area contributed by atoms with E-state index in [4.69, 9.17) is 17.3 Å². The number of fused-ring (bicyclic) bond motifs is 1. The van der Waals surface area contributed by atoms with Gasteiger partial charge in [0.05, 0.1) is 6.54 Å². The second kappa shape index (κ2) is 8.63. The number of aryl methyl sites for hydroxylation is 1. The standard InChI is InChI=1S/C21H20ClN3O3S/c1-13(21(27)28)25(12-19(23)26)16-7-3-14(4-8-16)5-10-20-24(2)17-11-15(22)6-9-18(17)29-20/h3-11,13H,12H2,1-2H3,(H2-,23,26,27,28)/p+1. The predicted molar refractivity (Wildman–Crippen MR) is 117 cm³/mol. The van der Waals surface area contributed by atoms with Crippen molar-refractivity contribution in [2.75, 3.05) is 11.4 Å². The summed E-state index contributed by atoms with van der Waals surface area (Å²) in [6, 6.07) is 12.3. The smallest absolute Gasteiger partial charge is 0.326 e. The molecule has 0 aliphatic rings. The Kier molecular flexibility index (Phi) is 6.20. The van der Waals surface area contributed by atoms with Gasteiger partial charge in [0.25, 0.3) is 5.01 Å². The summed E-state index contributed by atoms with van der Waals surface area (Å²) in [4.78, 5) is 24.1. The number of aliphatic carboxylic acids is 1. The van der Waals surface area contributed by atoms with Gasteiger partial charge in [-0.2, -0.15) is 4.57 Å². The lowest BCUT2D eigenvalue weighted by atomic mass is 10.1. The second-order valence-corrected chi connectivity index (χ2v) is 8.14. The summed E-state index contributed by atoms with van der Waals surface area (Å²) in [7, 11) is 1.99. The number of anilines is 1. The Morgan fingerprint density at radius 3 is 2.55 bits per heavy atom. The summed E-state index contributed by atoms with van der Waals surface area (Å²) in [5.41, 5.74) is 7.92. The zero-order chi connectivity index (χ0) is 21.1. The molecule has 1 heterocycles. The predicted octanol–water partition coefficient (Wildman–Crippen LogP) is 3.31. The molecule has 0 saturated heterocycles. The van der Waals surface area contributed by atoms with E-state index in [1.54, 1.807) is 23.5 Å². The minimum Gasteiger partial charge on any atom is -0.480 e. The van der Waals surface area contributed by atoms with Crippen LogP contribution in [0.15, 0.2) is 42.5 Å². The van der Waals surface area contributed by atoms with E-state index in [0.29, 0.717) is 10.7 Å². The Balaban J connectivity index is 1.83. The third-order valence-corrected chi connectivity index (χ3v) is 6.04. The van der Waals surface area contributed by atoms with Crippen LogP contribution in [0.4, 0.5) is 5.69 Å². The highest BCUT2D eigenvalue weighted by Gasteiger charge is 2.22. The number of aromatic nitrogens is 1. The minimum absolute atomic E-state index is 0.164. The monoisotopic (exact) mass is 430 g/mol. The maximum absolute atomic E-state index is 11.3. The van der Waals surface area contributed by atoms with Gasteiger partial charge in [-0.15, -0.1) is 0 Å². The molecule has 0 spiro atoms. The van der Waals surface area contributed by atoms with Crippen molar-refractivity contribution in [2.45, 2.75) is 13.0 Å². The molecule has 0 fully saturated rings. The maximum atomic E-state index is 11.3. The number of nitrogens with two attached hydrogens (primary N) is 1. The van der Waals surface area contributed by atoms with Gasteiger partial charge in [0.1, 0.15) is 17.8 Å². The molecule has 2 aromatic carbocycles. The number of thiazole rings is 1. The van der Waals surface area contributed by atoms with Gasteiger partial charge in [0, 0.05) is 22.9 Å². The van der Waals surface area contributed by atoms with Gasteiger partial charge in [-0.25, -0.2) is 4.79 Å². The first kappa shape index (κ1) is 20.8. The molecule has 0 bridgehead atoms. The Bertz CT molecular complexity index is 1090. The average Bonchev–Trinajstić information content (AvgIpc) is 2.99. The number of hydrogen-bond acceptors (Lipinski definition) is 4. The number of amides is 1. The minimum atomic E-state index is -1.02. The number of carbonyl (C=O) groups is 2. The summed E-state index contributed by atoms with van der Waals surface area (Å²) in [6.45, 7) is 1.36. The fraction of sp³-hybridized carbons (Fsp3) is 0.190. The van der Waals surface area contributed by atoms with E-state index in [1.807, 2.05) is 49.5 Å². The maximum Gasteiger partial charge on any atom is 0.326 e. The zero-order valence-electron chi connectivity index (χ0n) is 16.0. The molecule has 1 amide bonds. The molecule has 1 unspecified atom stereocenters. The molecule has 8 heteroatoms. The lowest BCUT2D eigenvalue weighted by molar-refractivity contribution is -0.642. The summed E-state index contributed by atoms with van der Waals surface area (Å²) in [5, 5.41) is 11.1. The third kappa shape index (κ3) is 4.75. The van der Waals surface area contributed by atoms with Gasteiger partial charge in [0.2, 0.25) is 11.4 Å². The van der Waals surface area contributed by atoms with Crippen molar-refractivity contribution in [3.63, 3.8) is 0 Å². The molecule has 0 saturated carbocycles. The SMILES string of the molecule is CC(C(=O)O)N(CC(N)=O)c1ccc(/C=C/c2sc3ccc(Cl)cc3[n+]2C)cc1. The van der Waals surface area contributed by atoms with E-state index in [9.17, 15) is 14.7 Å². The molecule has 3 aromatic rings. The first-order valence-corrected chi connectivity index (χ1v) is 10.1. The van der Waals surface area contributed by atoms with Crippen molar-refractivity contribution in [3.8, 4) is 0 Å². The first-order valence-electron chi connectivity index (χ1n) is 8.90. The molecule has 0 radical (unpaired) electrons. The Labute approximate surface area is 177 Å². The molecule has 29 heavy (non-hydrogen) atoms. The molecule has 1 aromatic heterocycles. The van der Waals surface area contributed by atoms with Gasteiger partial charge in [0.15, 0.2) is 0 Å². The highest BCUT2D eigenvalue weighted by Crippen LogP contribution is 2.25. The normalized spacial score (nSPS) is 12.4. The van der Waals surface area contributed by atoms with Gasteiger partial charge in [-0.3, -0.25) is 4.79 Å². The van der Waals surface area contributed by atoms with Gasteiger partial charge >= 0.3 is 5.97 Å². The molecule has 3 rings (SSSR count). The number of carboxylic acid groups (broad SMARTS) is 1. The van der Waals surface area contributed by atoms with Crippen molar-refractivity contribution in [2.24, 2.45) is 12.8 Å². The van der Waals surface area contributed by atoms with E-state index >= 15 is 0 Å². The van der Waals surface area contributed by atoms with Gasteiger partial charge < -0.3 is 15.7 Å². The lowest BCUT2D eigenvalue weighted by Crippen LogP contribution is -2.44. The summed E-state index contributed by atoms with van der Waals surface area (Å²) in [6.07, 6.45) is 4.00. The molecule has 0 aliphatic heterocycles. The average molecular weight is 431 g/mol. The van der Waals surface area contributed by atoms with E-state index < -0.39 is 17.9 Å². The van der Waals surface area contributed by atoms with Crippen molar-refractivity contribution >= 4 is 62.9 Å². The lowest BCUT2D eigenvalue weighted by Gasteiger charge is -2.27. The first-order chi connectivity index (χ1) is 13.8. The van der Waals surface area contributed by atoms with E-state index in [1.165, 1.54) is 11.8 Å². The van der Waals surface area contributed by atoms with Crippen molar-refractivity contribution in [1.29, 1.82) is 0 Å². The van der Waals surface area contributed by atoms with Crippen LogP contribution in [0.2, 0.25) is 5.02 Å². The van der Waals surface area contributed by atoms with E-state index in [2.05, 4.69) is 4.57 Å². The number of hydrogen-bond donors (Lipinski definition) is 2. The largest absolute Gasteiger partial charge is 0.480 e. The number of halogens is 1. The molecule has 0 aliphatic carbocycles. The van der Waals surface area contributed by atoms with Crippen LogP contribution < -0.4 is 15.2 Å². The van der Waals surface area contributed by atoms with Crippen LogP contribution >= 0.6 is 22.9 Å². The number of primary amides is 1. The van der Waals surface area contributed by atoms with Crippen LogP contribution in [0.1, 0.15) is 17.5 Å². The number of nitrogens with zero attached hydrogens (tertiary/aromatic N) is 2. The summed E-state index contributed by atoms with van der Waals surface area (Å²) in [5.74, 6) is -1.60. The number of rotatable bonds is 7. The summed E-state index contributed by atoms with van der Waals surface area (Å²) < 4.78 is 3.23. The number of benzene rings is 2. The highest BCUT2D eigenvalue weighted by atomic mass is 35.5. The van der Waals surface area contributed by atoms with Crippen LogP contribution in [-0.4, -0.2) is 29.6 Å². The quantitative estimate of drug-likeness (QED) is 0.563. The molecular weight excluding hydrogens is 410 g/mol. The van der Waals surface area contributed by atoms with Crippen LogP contribution in [-0.2, 0) is 16.6 Å². The van der Waals surface area contributed by atoms with Gasteiger partial charge in [-0.1, -0.05) is 35.1 Å². The van der Waals surface area contributed by atoms with E-state index in [0.717, 1.165) is 20.8 Å². The molecule has 3 N–H and O–H groups in total. The number of carbonyl (C=O) groups excluding carboxylic acids is 1. The number of carboxylic acids is 1. The fourth-order valence-corrected chi connectivity index (χ4v) is 4.18. The second-order valence-electron chi connectivity index (χ2n) is 6.64. The van der Waals surface area contributed by atoms with Crippen molar-refractivity contribution in [1.82, 2.24) is 0 Å². The topological polar surface area (TPSA) is 87.5 Å². The van der Waals surface area contributed by atoms with E-state index in [-0.39, 0.29) is 6.54 Å². The molecule has 1 atom stereocenters. The molecule has 6 nitrogen and oxygen atoms in total. The highest BCUT2D eigenvalue weighted by molar-refractivity contribution is 7.18. The van der Waals surface area contributed by atoms with Crippen LogP contribution in [0.25, 0.3) is 22.4 Å². The molecular formula is C21H21ClN3O3S+. The van der Waals surface area contributed by atoms with Crippen LogP contribution in [0.5, 0.6) is 0 Å². The molecule has 150 valence electrons. The van der Waals surface area contributed by atoms with Gasteiger partial charge in [-0.05, 0) is 42.8 Å². The van der Waals surface area contributed by atoms with Crippen LogP contribution in [0, 0.1) is 0 Å². The summed E-state index contributed by atoms with van der Waals surface area (Å²) >= 11 is 7.76. The van der Waals surface area contributed by atoms with Crippen molar-refractivity contribution in [3.05, 3.63) is 58.1 Å². The Hall–Kier alpha value is -2.90. The fourth-order valence-electron chi connectivity index (χ4n) is 2.98. The van der Waals surface area contributed by atoms with Crippen LogP contribution in [0.3, 0.4) is 0 Å². The van der Waals surface area contributed by atoms with Crippen molar-refractivity contribution < 1.29 is 19.3 Å².